The van der Waals surface area contributed by atoms with E-state index >= 15 is 0 Å². The maximum Gasteiger partial charge on any atom is 0.499 e. The zero-order valence-electron chi connectivity index (χ0n) is 7.29. The minimum absolute atomic E-state index is 0.0936. The Morgan fingerprint density at radius 2 is 1.69 bits per heavy atom. The second-order valence-electron chi connectivity index (χ2n) is 2.67. The van der Waals surface area contributed by atoms with Crippen molar-refractivity contribution in [3.8, 4) is 5.75 Å². The van der Waals surface area contributed by atoms with Gasteiger partial charge >= 0.3 is 12.3 Å². The lowest BCUT2D eigenvalue weighted by molar-refractivity contribution is -0.360. The molecule has 8 heteroatoms. The van der Waals surface area contributed by atoms with Gasteiger partial charge in [0.1, 0.15) is 0 Å². The van der Waals surface area contributed by atoms with E-state index in [4.69, 9.17) is 11.6 Å². The summed E-state index contributed by atoms with van der Waals surface area (Å²) < 4.78 is 64.1. The van der Waals surface area contributed by atoms with Crippen molar-refractivity contribution >= 4 is 27.5 Å². The van der Waals surface area contributed by atoms with E-state index in [0.29, 0.717) is 0 Å². The molecule has 0 radical (unpaired) electrons. The van der Waals surface area contributed by atoms with Gasteiger partial charge in [-0.15, -0.1) is 0 Å². The Labute approximate surface area is 100 Å². The normalized spacial score (nSPS) is 12.7. The predicted octanol–water partition coefficient (Wildman–Crippen LogP) is 4.64. The van der Waals surface area contributed by atoms with Crippen LogP contribution in [0.1, 0.15) is 0 Å². The average Bonchev–Trinajstić information content (AvgIpc) is 2.10. The molecule has 0 N–H and O–H groups in total. The van der Waals surface area contributed by atoms with Crippen LogP contribution in [0.3, 0.4) is 0 Å². The molecule has 1 rings (SSSR count). The van der Waals surface area contributed by atoms with E-state index in [9.17, 15) is 22.0 Å². The van der Waals surface area contributed by atoms with E-state index in [-0.39, 0.29) is 9.50 Å². The zero-order chi connectivity index (χ0) is 12.6. The molecule has 0 bridgehead atoms. The van der Waals surface area contributed by atoms with E-state index in [2.05, 4.69) is 20.7 Å². The highest BCUT2D eigenvalue weighted by molar-refractivity contribution is 9.10. The molecule has 0 unspecified atom stereocenters. The van der Waals surface area contributed by atoms with Crippen LogP contribution < -0.4 is 4.74 Å². The van der Waals surface area contributed by atoms with Gasteiger partial charge in [0.15, 0.2) is 5.75 Å². The summed E-state index contributed by atoms with van der Waals surface area (Å²) in [6.07, 6.45) is -11.1. The van der Waals surface area contributed by atoms with Crippen LogP contribution in [0.25, 0.3) is 0 Å². The minimum Gasteiger partial charge on any atom is -0.423 e. The Kier molecular flexibility index (Phi) is 3.69. The van der Waals surface area contributed by atoms with Crippen molar-refractivity contribution in [2.24, 2.45) is 0 Å². The van der Waals surface area contributed by atoms with E-state index in [1.54, 1.807) is 0 Å². The Bertz CT molecular complexity index is 372. The molecule has 1 aromatic carbocycles. The minimum atomic E-state index is -5.80. The lowest BCUT2D eigenvalue weighted by Gasteiger charge is -2.21. The van der Waals surface area contributed by atoms with Crippen molar-refractivity contribution in [2.75, 3.05) is 0 Å². The van der Waals surface area contributed by atoms with Crippen LogP contribution in [0.2, 0.25) is 5.02 Å². The Hall–Kier alpha value is -0.560. The summed E-state index contributed by atoms with van der Waals surface area (Å²) in [4.78, 5) is 0. The largest absolute Gasteiger partial charge is 0.499 e. The zero-order valence-corrected chi connectivity index (χ0v) is 9.63. The van der Waals surface area contributed by atoms with Gasteiger partial charge in [-0.25, -0.2) is 0 Å². The first-order valence-corrected chi connectivity index (χ1v) is 4.90. The Balaban J connectivity index is 3.06. The maximum atomic E-state index is 12.5. The van der Waals surface area contributed by atoms with E-state index in [1.165, 1.54) is 12.1 Å². The molecule has 0 amide bonds. The molecule has 0 saturated heterocycles. The topological polar surface area (TPSA) is 9.23 Å². The molecule has 1 nitrogen and oxygen atoms in total. The predicted molar refractivity (Wildman–Crippen MR) is 50.8 cm³/mol. The van der Waals surface area contributed by atoms with Crippen molar-refractivity contribution in [3.63, 3.8) is 0 Å². The fourth-order valence-corrected chi connectivity index (χ4v) is 1.54. The lowest BCUT2D eigenvalue weighted by atomic mass is 10.3. The average molecular weight is 325 g/mol. The van der Waals surface area contributed by atoms with Crippen molar-refractivity contribution < 1.29 is 26.7 Å². The highest BCUT2D eigenvalue weighted by atomic mass is 79.9. The first-order chi connectivity index (χ1) is 7.15. The van der Waals surface area contributed by atoms with Crippen LogP contribution in [0.15, 0.2) is 22.7 Å². The molecule has 0 aliphatic rings. The smallest absolute Gasteiger partial charge is 0.423 e. The summed E-state index contributed by atoms with van der Waals surface area (Å²) in [5.41, 5.74) is 0. The molecule has 90 valence electrons. The third kappa shape index (κ3) is 2.76. The van der Waals surface area contributed by atoms with Crippen LogP contribution in [0.5, 0.6) is 5.75 Å². The fourth-order valence-electron chi connectivity index (χ4n) is 0.766. The molecule has 0 fully saturated rings. The molecular formula is C8H3BrClF5O. The lowest BCUT2D eigenvalue weighted by Crippen LogP contribution is -2.42. The van der Waals surface area contributed by atoms with Gasteiger partial charge in [-0.2, -0.15) is 22.0 Å². The van der Waals surface area contributed by atoms with Crippen molar-refractivity contribution in [1.82, 2.24) is 0 Å². The van der Waals surface area contributed by atoms with Crippen molar-refractivity contribution in [1.29, 1.82) is 0 Å². The number of alkyl halides is 5. The number of halogens is 7. The van der Waals surface area contributed by atoms with Gasteiger partial charge < -0.3 is 4.74 Å². The van der Waals surface area contributed by atoms with E-state index in [0.717, 1.165) is 6.07 Å². The highest BCUT2D eigenvalue weighted by Crippen LogP contribution is 2.42. The third-order valence-electron chi connectivity index (χ3n) is 1.48. The quantitative estimate of drug-likeness (QED) is 0.720. The van der Waals surface area contributed by atoms with Crippen molar-refractivity contribution in [3.05, 3.63) is 27.7 Å². The fraction of sp³-hybridized carbons (Fsp3) is 0.250. The van der Waals surface area contributed by atoms with Gasteiger partial charge in [-0.3, -0.25) is 0 Å². The van der Waals surface area contributed by atoms with Gasteiger partial charge in [0.25, 0.3) is 0 Å². The van der Waals surface area contributed by atoms with Crippen molar-refractivity contribution in [2.45, 2.75) is 12.3 Å². The first kappa shape index (κ1) is 13.5. The monoisotopic (exact) mass is 324 g/mol. The van der Waals surface area contributed by atoms with E-state index < -0.39 is 18.0 Å². The summed E-state index contributed by atoms with van der Waals surface area (Å²) in [7, 11) is 0. The molecule has 0 atom stereocenters. The summed E-state index contributed by atoms with van der Waals surface area (Å²) >= 11 is 8.19. The highest BCUT2D eigenvalue weighted by Gasteiger charge is 2.61. The molecule has 0 aromatic heterocycles. The number of ether oxygens (including phenoxy) is 1. The molecule has 0 spiro atoms. The van der Waals surface area contributed by atoms with Gasteiger partial charge in [0.05, 0.1) is 9.50 Å². The summed E-state index contributed by atoms with van der Waals surface area (Å²) in [5, 5.41) is -0.349. The third-order valence-corrected chi connectivity index (χ3v) is 2.40. The van der Waals surface area contributed by atoms with Crippen LogP contribution in [0, 0.1) is 0 Å². The number of para-hydroxylation sites is 1. The molecule has 0 heterocycles. The number of hydrogen-bond acceptors (Lipinski definition) is 1. The SMILES string of the molecule is FC(F)(F)C(F)(F)Oc1c(Cl)cccc1Br. The summed E-state index contributed by atoms with van der Waals surface area (Å²) in [5.74, 6) is -0.758. The van der Waals surface area contributed by atoms with Crippen LogP contribution in [-0.4, -0.2) is 12.3 Å². The molecule has 16 heavy (non-hydrogen) atoms. The number of rotatable bonds is 2. The molecule has 0 saturated carbocycles. The molecular weight excluding hydrogens is 322 g/mol. The number of hydrogen-bond donors (Lipinski definition) is 0. The van der Waals surface area contributed by atoms with Crippen LogP contribution in [0.4, 0.5) is 22.0 Å². The standard InChI is InChI=1S/C8H3BrClF5O/c9-4-2-1-3-5(10)6(4)16-8(14,15)7(11,12)13/h1-3H. The van der Waals surface area contributed by atoms with Crippen LogP contribution in [-0.2, 0) is 0 Å². The first-order valence-electron chi connectivity index (χ1n) is 3.73. The maximum absolute atomic E-state index is 12.5. The Morgan fingerprint density at radius 3 is 2.12 bits per heavy atom. The number of benzene rings is 1. The Morgan fingerprint density at radius 1 is 1.12 bits per heavy atom. The molecule has 0 aliphatic carbocycles. The van der Waals surface area contributed by atoms with Crippen LogP contribution >= 0.6 is 27.5 Å². The second-order valence-corrected chi connectivity index (χ2v) is 3.93. The van der Waals surface area contributed by atoms with Gasteiger partial charge in [0.2, 0.25) is 0 Å². The molecule has 1 aromatic rings. The second kappa shape index (κ2) is 4.37. The summed E-state index contributed by atoms with van der Waals surface area (Å²) in [6.45, 7) is 0. The van der Waals surface area contributed by atoms with E-state index in [1.807, 2.05) is 0 Å². The molecule has 0 aliphatic heterocycles. The van der Waals surface area contributed by atoms with Gasteiger partial charge in [-0.05, 0) is 28.1 Å². The van der Waals surface area contributed by atoms with Gasteiger partial charge in [0, 0.05) is 0 Å². The summed E-state index contributed by atoms with van der Waals surface area (Å²) in [6, 6.07) is 3.73. The van der Waals surface area contributed by atoms with Gasteiger partial charge in [-0.1, -0.05) is 17.7 Å².